The second kappa shape index (κ2) is 7.61. The Balaban J connectivity index is 1.71. The zero-order valence-electron chi connectivity index (χ0n) is 14.6. The number of pyridine rings is 1. The zero-order valence-corrected chi connectivity index (χ0v) is 14.6. The number of piperazine rings is 1. The van der Waals surface area contributed by atoms with Crippen LogP contribution in [-0.2, 0) is 4.79 Å². The third-order valence-electron chi connectivity index (χ3n) is 4.55. The van der Waals surface area contributed by atoms with Crippen molar-refractivity contribution in [2.45, 2.75) is 6.04 Å². The number of benzene rings is 1. The Morgan fingerprint density at radius 3 is 2.44 bits per heavy atom. The van der Waals surface area contributed by atoms with E-state index < -0.39 is 6.04 Å². The molecule has 5 nitrogen and oxygen atoms in total. The van der Waals surface area contributed by atoms with Gasteiger partial charge in [0.05, 0.1) is 11.9 Å². The van der Waals surface area contributed by atoms with Gasteiger partial charge in [-0.05, 0) is 32.3 Å². The summed E-state index contributed by atoms with van der Waals surface area (Å²) < 4.78 is 14.2. The first kappa shape index (κ1) is 17.4. The van der Waals surface area contributed by atoms with Gasteiger partial charge < -0.3 is 9.80 Å². The summed E-state index contributed by atoms with van der Waals surface area (Å²) in [6.07, 6.45) is 3.58. The van der Waals surface area contributed by atoms with Gasteiger partial charge in [0.15, 0.2) is 0 Å². The van der Waals surface area contributed by atoms with E-state index >= 15 is 0 Å². The maximum Gasteiger partial charge on any atom is 0.244 e. The number of nitrogens with zero attached hydrogens (tertiary/aromatic N) is 4. The molecule has 1 saturated heterocycles. The van der Waals surface area contributed by atoms with Crippen molar-refractivity contribution in [1.29, 1.82) is 0 Å². The molecule has 1 amide bonds. The zero-order chi connectivity index (χ0) is 17.8. The van der Waals surface area contributed by atoms with Crippen molar-refractivity contribution >= 4 is 11.6 Å². The van der Waals surface area contributed by atoms with Gasteiger partial charge in [0.25, 0.3) is 0 Å². The normalized spacial score (nSPS) is 16.2. The molecule has 0 aliphatic carbocycles. The van der Waals surface area contributed by atoms with Crippen LogP contribution < -0.4 is 4.90 Å². The van der Waals surface area contributed by atoms with Gasteiger partial charge in [-0.15, -0.1) is 0 Å². The number of amides is 1. The van der Waals surface area contributed by atoms with E-state index in [9.17, 15) is 9.18 Å². The Hall–Kier alpha value is -2.47. The molecule has 0 unspecified atom stereocenters. The Labute approximate surface area is 147 Å². The van der Waals surface area contributed by atoms with E-state index in [1.165, 1.54) is 6.07 Å². The molecule has 0 N–H and O–H groups in total. The molecule has 1 atom stereocenters. The minimum Gasteiger partial charge on any atom is -0.367 e. The van der Waals surface area contributed by atoms with Crippen LogP contribution in [0.15, 0.2) is 48.8 Å². The van der Waals surface area contributed by atoms with E-state index in [1.807, 2.05) is 23.2 Å². The predicted octanol–water partition coefficient (Wildman–Crippen LogP) is 2.17. The van der Waals surface area contributed by atoms with Crippen LogP contribution in [0.1, 0.15) is 11.6 Å². The van der Waals surface area contributed by atoms with E-state index in [4.69, 9.17) is 0 Å². The van der Waals surface area contributed by atoms with Crippen LogP contribution in [0.2, 0.25) is 0 Å². The summed E-state index contributed by atoms with van der Waals surface area (Å²) in [5.41, 5.74) is 1.49. The van der Waals surface area contributed by atoms with Crippen molar-refractivity contribution < 1.29 is 9.18 Å². The summed E-state index contributed by atoms with van der Waals surface area (Å²) in [6.45, 7) is 2.72. The average Bonchev–Trinajstić information content (AvgIpc) is 2.64. The van der Waals surface area contributed by atoms with Gasteiger partial charge in [-0.2, -0.15) is 0 Å². The van der Waals surface area contributed by atoms with Crippen LogP contribution in [0.4, 0.5) is 10.1 Å². The standard InChI is InChI=1S/C19H23FN4O/c1-22(2)18(16-7-3-4-8-17(16)20)19(25)24-12-10-23(11-13-24)15-6-5-9-21-14-15/h3-9,14,18H,10-13H2,1-2H3/t18-/m1/s1. The predicted molar refractivity (Wildman–Crippen MR) is 95.9 cm³/mol. The van der Waals surface area contributed by atoms with Gasteiger partial charge in [-0.3, -0.25) is 14.7 Å². The fourth-order valence-electron chi connectivity index (χ4n) is 3.23. The van der Waals surface area contributed by atoms with E-state index in [2.05, 4.69) is 9.88 Å². The number of anilines is 1. The molecular formula is C19H23FN4O. The van der Waals surface area contributed by atoms with Gasteiger partial charge >= 0.3 is 0 Å². The molecule has 1 aromatic carbocycles. The van der Waals surface area contributed by atoms with Crippen LogP contribution in [0.5, 0.6) is 0 Å². The highest BCUT2D eigenvalue weighted by Crippen LogP contribution is 2.25. The smallest absolute Gasteiger partial charge is 0.244 e. The number of hydrogen-bond donors (Lipinski definition) is 0. The lowest BCUT2D eigenvalue weighted by Crippen LogP contribution is -2.51. The molecule has 0 saturated carbocycles. The van der Waals surface area contributed by atoms with Gasteiger partial charge in [0, 0.05) is 37.9 Å². The third-order valence-corrected chi connectivity index (χ3v) is 4.55. The number of halogens is 1. The molecular weight excluding hydrogens is 319 g/mol. The lowest BCUT2D eigenvalue weighted by molar-refractivity contribution is -0.136. The minimum atomic E-state index is -0.605. The molecule has 6 heteroatoms. The van der Waals surface area contributed by atoms with E-state index in [-0.39, 0.29) is 11.7 Å². The SMILES string of the molecule is CN(C)[C@@H](C(=O)N1CCN(c2cccnc2)CC1)c1ccccc1F. The second-order valence-electron chi connectivity index (χ2n) is 6.41. The van der Waals surface area contributed by atoms with Crippen molar-refractivity contribution in [3.63, 3.8) is 0 Å². The first-order valence-corrected chi connectivity index (χ1v) is 8.42. The molecule has 1 aromatic heterocycles. The maximum atomic E-state index is 14.2. The number of likely N-dealkylation sites (N-methyl/N-ethyl adjacent to an activating group) is 1. The topological polar surface area (TPSA) is 39.7 Å². The second-order valence-corrected chi connectivity index (χ2v) is 6.41. The molecule has 0 radical (unpaired) electrons. The van der Waals surface area contributed by atoms with Gasteiger partial charge in [-0.1, -0.05) is 18.2 Å². The highest BCUT2D eigenvalue weighted by molar-refractivity contribution is 5.83. The summed E-state index contributed by atoms with van der Waals surface area (Å²) in [6, 6.07) is 9.82. The molecule has 1 aliphatic heterocycles. The maximum absolute atomic E-state index is 14.2. The number of hydrogen-bond acceptors (Lipinski definition) is 4. The number of carbonyl (C=O) groups excluding carboxylic acids is 1. The molecule has 2 heterocycles. The Morgan fingerprint density at radius 2 is 1.84 bits per heavy atom. The van der Waals surface area contributed by atoms with Crippen molar-refractivity contribution in [2.24, 2.45) is 0 Å². The summed E-state index contributed by atoms with van der Waals surface area (Å²) in [7, 11) is 3.61. The third kappa shape index (κ3) is 3.79. The molecule has 1 aliphatic rings. The van der Waals surface area contributed by atoms with Crippen molar-refractivity contribution in [3.8, 4) is 0 Å². The van der Waals surface area contributed by atoms with Crippen LogP contribution in [0.25, 0.3) is 0 Å². The Kier molecular flexibility index (Phi) is 5.28. The lowest BCUT2D eigenvalue weighted by Gasteiger charge is -2.38. The number of rotatable bonds is 4. The van der Waals surface area contributed by atoms with Crippen LogP contribution in [0, 0.1) is 5.82 Å². The lowest BCUT2D eigenvalue weighted by atomic mass is 10.0. The van der Waals surface area contributed by atoms with Crippen molar-refractivity contribution in [3.05, 3.63) is 60.2 Å². The summed E-state index contributed by atoms with van der Waals surface area (Å²) in [4.78, 5) is 23.0. The average molecular weight is 342 g/mol. The van der Waals surface area contributed by atoms with E-state index in [1.54, 1.807) is 43.4 Å². The molecule has 2 aromatic rings. The molecule has 3 rings (SSSR count). The first-order chi connectivity index (χ1) is 12.1. The first-order valence-electron chi connectivity index (χ1n) is 8.42. The van der Waals surface area contributed by atoms with Crippen molar-refractivity contribution in [1.82, 2.24) is 14.8 Å². The highest BCUT2D eigenvalue weighted by atomic mass is 19.1. The summed E-state index contributed by atoms with van der Waals surface area (Å²) >= 11 is 0. The quantitative estimate of drug-likeness (QED) is 0.854. The molecule has 25 heavy (non-hydrogen) atoms. The monoisotopic (exact) mass is 342 g/mol. The van der Waals surface area contributed by atoms with Crippen LogP contribution in [0.3, 0.4) is 0 Å². The molecule has 0 spiro atoms. The van der Waals surface area contributed by atoms with Gasteiger partial charge in [0.1, 0.15) is 11.9 Å². The minimum absolute atomic E-state index is 0.0547. The highest BCUT2D eigenvalue weighted by Gasteiger charge is 2.31. The molecule has 0 bridgehead atoms. The Bertz CT molecular complexity index is 714. The largest absolute Gasteiger partial charge is 0.367 e. The van der Waals surface area contributed by atoms with E-state index in [0.29, 0.717) is 18.7 Å². The van der Waals surface area contributed by atoms with Crippen molar-refractivity contribution in [2.75, 3.05) is 45.2 Å². The van der Waals surface area contributed by atoms with Gasteiger partial charge in [0.2, 0.25) is 5.91 Å². The Morgan fingerprint density at radius 1 is 1.12 bits per heavy atom. The van der Waals surface area contributed by atoms with Gasteiger partial charge in [-0.25, -0.2) is 4.39 Å². The summed E-state index contributed by atoms with van der Waals surface area (Å²) in [5.74, 6) is -0.399. The molecule has 1 fully saturated rings. The molecule has 132 valence electrons. The fourth-order valence-corrected chi connectivity index (χ4v) is 3.23. The summed E-state index contributed by atoms with van der Waals surface area (Å²) in [5, 5.41) is 0. The van der Waals surface area contributed by atoms with E-state index in [0.717, 1.165) is 18.8 Å². The number of carbonyl (C=O) groups is 1. The fraction of sp³-hybridized carbons (Fsp3) is 0.368. The van der Waals surface area contributed by atoms with Crippen LogP contribution in [-0.4, -0.2) is 61.0 Å². The van der Waals surface area contributed by atoms with Crippen LogP contribution >= 0.6 is 0 Å². The number of aromatic nitrogens is 1.